The third-order valence-electron chi connectivity index (χ3n) is 3.36. The van der Waals surface area contributed by atoms with Crippen LogP contribution in [0, 0.1) is 11.3 Å². The van der Waals surface area contributed by atoms with E-state index in [0.717, 1.165) is 4.31 Å². The predicted octanol–water partition coefficient (Wildman–Crippen LogP) is 0.366. The van der Waals surface area contributed by atoms with Crippen LogP contribution in [0.15, 0.2) is 29.2 Å². The van der Waals surface area contributed by atoms with E-state index in [1.165, 1.54) is 31.3 Å². The number of hydrogen-bond acceptors (Lipinski definition) is 5. The minimum absolute atomic E-state index is 0.00310. The minimum Gasteiger partial charge on any atom is -0.229 e. The molecule has 0 N–H and O–H groups in total. The van der Waals surface area contributed by atoms with E-state index in [1.54, 1.807) is 0 Å². The van der Waals surface area contributed by atoms with Crippen LogP contribution in [0.2, 0.25) is 0 Å². The molecule has 0 saturated carbocycles. The van der Waals surface area contributed by atoms with Crippen LogP contribution in [0.25, 0.3) is 0 Å². The largest absolute Gasteiger partial charge is 0.243 e. The first-order valence-electron chi connectivity index (χ1n) is 5.95. The van der Waals surface area contributed by atoms with Gasteiger partial charge in [-0.15, -0.1) is 0 Å². The molecular weight excluding hydrogens is 300 g/mol. The topological polar surface area (TPSA) is 95.3 Å². The van der Waals surface area contributed by atoms with Gasteiger partial charge in [0.05, 0.1) is 28.0 Å². The van der Waals surface area contributed by atoms with Crippen LogP contribution in [0.3, 0.4) is 0 Å². The van der Waals surface area contributed by atoms with Gasteiger partial charge >= 0.3 is 0 Å². The lowest BCUT2D eigenvalue weighted by Gasteiger charge is -2.22. The fraction of sp³-hybridized carbons (Fsp3) is 0.417. The van der Waals surface area contributed by atoms with Crippen molar-refractivity contribution < 1.29 is 16.8 Å². The van der Waals surface area contributed by atoms with E-state index in [4.69, 9.17) is 5.26 Å². The molecule has 1 aliphatic rings. The van der Waals surface area contributed by atoms with Crippen molar-refractivity contribution in [1.29, 1.82) is 5.26 Å². The monoisotopic (exact) mass is 314 g/mol. The minimum atomic E-state index is -3.79. The molecule has 108 valence electrons. The van der Waals surface area contributed by atoms with Crippen molar-refractivity contribution in [3.8, 4) is 6.07 Å². The Morgan fingerprint density at radius 1 is 1.40 bits per heavy atom. The lowest BCUT2D eigenvalue weighted by molar-refractivity contribution is 0.394. The first-order chi connectivity index (χ1) is 9.26. The van der Waals surface area contributed by atoms with Gasteiger partial charge in [0.1, 0.15) is 0 Å². The van der Waals surface area contributed by atoms with Crippen molar-refractivity contribution >= 4 is 19.9 Å². The quantitative estimate of drug-likeness (QED) is 0.803. The first-order valence-corrected chi connectivity index (χ1v) is 9.21. The Bertz CT molecular complexity index is 763. The van der Waals surface area contributed by atoms with Gasteiger partial charge in [0.15, 0.2) is 9.84 Å². The van der Waals surface area contributed by atoms with E-state index in [1.807, 2.05) is 6.07 Å². The maximum Gasteiger partial charge on any atom is 0.243 e. The van der Waals surface area contributed by atoms with Gasteiger partial charge in [-0.25, -0.2) is 16.8 Å². The Morgan fingerprint density at radius 3 is 2.65 bits per heavy atom. The summed E-state index contributed by atoms with van der Waals surface area (Å²) in [5.74, 6) is -0.142. The van der Waals surface area contributed by atoms with E-state index >= 15 is 0 Å². The van der Waals surface area contributed by atoms with Crippen molar-refractivity contribution in [3.63, 3.8) is 0 Å². The van der Waals surface area contributed by atoms with Crippen LogP contribution >= 0.6 is 0 Å². The third-order valence-corrected chi connectivity index (χ3v) is 7.02. The fourth-order valence-electron chi connectivity index (χ4n) is 2.15. The first kappa shape index (κ1) is 15.0. The van der Waals surface area contributed by atoms with Gasteiger partial charge in [-0.2, -0.15) is 9.57 Å². The van der Waals surface area contributed by atoms with Crippen molar-refractivity contribution in [1.82, 2.24) is 4.31 Å². The van der Waals surface area contributed by atoms with E-state index in [-0.39, 0.29) is 22.0 Å². The molecule has 6 nitrogen and oxygen atoms in total. The maximum absolute atomic E-state index is 12.4. The average Bonchev–Trinajstić information content (AvgIpc) is 2.78. The Balaban J connectivity index is 2.33. The van der Waals surface area contributed by atoms with Crippen molar-refractivity contribution in [2.75, 3.05) is 18.6 Å². The molecule has 1 unspecified atom stereocenters. The Morgan fingerprint density at radius 2 is 2.10 bits per heavy atom. The molecule has 1 aliphatic heterocycles. The van der Waals surface area contributed by atoms with Gasteiger partial charge < -0.3 is 0 Å². The molecule has 1 atom stereocenters. The molecular formula is C12H14N2O4S2. The summed E-state index contributed by atoms with van der Waals surface area (Å²) < 4.78 is 48.8. The lowest BCUT2D eigenvalue weighted by atomic mass is 10.2. The van der Waals surface area contributed by atoms with Crippen LogP contribution in [0.5, 0.6) is 0 Å². The summed E-state index contributed by atoms with van der Waals surface area (Å²) in [6, 6.07) is 7.03. The van der Waals surface area contributed by atoms with Crippen LogP contribution < -0.4 is 0 Å². The fourth-order valence-corrected chi connectivity index (χ4v) is 5.45. The molecule has 8 heteroatoms. The molecule has 1 aromatic carbocycles. The summed E-state index contributed by atoms with van der Waals surface area (Å²) in [5.41, 5.74) is 0.249. The number of sulfonamides is 1. The van der Waals surface area contributed by atoms with Crippen LogP contribution in [0.1, 0.15) is 12.0 Å². The van der Waals surface area contributed by atoms with Gasteiger partial charge in [-0.05, 0) is 24.6 Å². The summed E-state index contributed by atoms with van der Waals surface area (Å²) in [7, 11) is -5.57. The molecule has 0 amide bonds. The summed E-state index contributed by atoms with van der Waals surface area (Å²) in [5, 5.41) is 8.81. The molecule has 0 aromatic heterocycles. The smallest absolute Gasteiger partial charge is 0.229 e. The second-order valence-corrected chi connectivity index (χ2v) is 8.94. The van der Waals surface area contributed by atoms with Crippen molar-refractivity contribution in [2.24, 2.45) is 0 Å². The van der Waals surface area contributed by atoms with Gasteiger partial charge in [0.2, 0.25) is 10.0 Å². The summed E-state index contributed by atoms with van der Waals surface area (Å²) in [6.07, 6.45) is 0.302. The normalized spacial score (nSPS) is 21.8. The molecule has 0 radical (unpaired) electrons. The van der Waals surface area contributed by atoms with E-state index in [0.29, 0.717) is 6.42 Å². The number of nitrogens with zero attached hydrogens (tertiary/aromatic N) is 2. The molecule has 0 aliphatic carbocycles. The van der Waals surface area contributed by atoms with Crippen molar-refractivity contribution in [3.05, 3.63) is 29.8 Å². The number of benzene rings is 1. The molecule has 20 heavy (non-hydrogen) atoms. The molecule has 0 spiro atoms. The Kier molecular flexibility index (Phi) is 3.86. The molecule has 0 bridgehead atoms. The zero-order valence-corrected chi connectivity index (χ0v) is 12.5. The van der Waals surface area contributed by atoms with Gasteiger partial charge in [-0.1, -0.05) is 6.07 Å². The van der Waals surface area contributed by atoms with Gasteiger partial charge in [0.25, 0.3) is 0 Å². The summed E-state index contributed by atoms with van der Waals surface area (Å²) in [6.45, 7) is 0. The van der Waals surface area contributed by atoms with Gasteiger partial charge in [0, 0.05) is 13.1 Å². The lowest BCUT2D eigenvalue weighted by Crippen LogP contribution is -2.37. The summed E-state index contributed by atoms with van der Waals surface area (Å²) in [4.78, 5) is 0.00310. The Hall–Kier alpha value is -1.43. The molecule has 1 aromatic rings. The van der Waals surface area contributed by atoms with Crippen LogP contribution in [0.4, 0.5) is 0 Å². The second-order valence-electron chi connectivity index (χ2n) is 4.72. The molecule has 1 heterocycles. The molecule has 2 rings (SSSR count). The second kappa shape index (κ2) is 5.16. The number of hydrogen-bond donors (Lipinski definition) is 0. The average molecular weight is 314 g/mol. The number of sulfone groups is 1. The van der Waals surface area contributed by atoms with Crippen molar-refractivity contribution in [2.45, 2.75) is 17.4 Å². The SMILES string of the molecule is CN(C1CCS(=O)(=O)C1)S(=O)(=O)c1cccc(C#N)c1. The maximum atomic E-state index is 12.4. The van der Waals surface area contributed by atoms with E-state index in [2.05, 4.69) is 0 Å². The zero-order valence-electron chi connectivity index (χ0n) is 10.9. The van der Waals surface area contributed by atoms with Crippen LogP contribution in [-0.4, -0.2) is 45.7 Å². The predicted molar refractivity (Wildman–Crippen MR) is 73.2 cm³/mol. The van der Waals surface area contributed by atoms with E-state index in [9.17, 15) is 16.8 Å². The Labute approximate surface area is 118 Å². The third kappa shape index (κ3) is 2.85. The highest BCUT2D eigenvalue weighted by molar-refractivity contribution is 7.92. The molecule has 1 saturated heterocycles. The summed E-state index contributed by atoms with van der Waals surface area (Å²) >= 11 is 0. The van der Waals surface area contributed by atoms with Gasteiger partial charge in [-0.3, -0.25) is 0 Å². The van der Waals surface area contributed by atoms with E-state index < -0.39 is 25.9 Å². The zero-order chi connectivity index (χ0) is 15.0. The highest BCUT2D eigenvalue weighted by atomic mass is 32.2. The number of rotatable bonds is 3. The standard InChI is InChI=1S/C12H14N2O4S2/c1-14(11-5-6-19(15,16)9-11)20(17,18)12-4-2-3-10(7-12)8-13/h2-4,7,11H,5-6,9H2,1H3. The van der Waals surface area contributed by atoms with Crippen LogP contribution in [-0.2, 0) is 19.9 Å². The highest BCUT2D eigenvalue weighted by Crippen LogP contribution is 2.23. The highest BCUT2D eigenvalue weighted by Gasteiger charge is 2.36. The molecule has 1 fully saturated rings. The number of nitriles is 1.